The summed E-state index contributed by atoms with van der Waals surface area (Å²) in [6.07, 6.45) is 4.95. The number of hydrogen-bond acceptors (Lipinski definition) is 3. The van der Waals surface area contributed by atoms with Crippen LogP contribution in [0, 0.1) is 11.3 Å². The maximum Gasteiger partial charge on any atom is 0.0991 e. The molecule has 18 heavy (non-hydrogen) atoms. The number of nitrogens with one attached hydrogen (secondary N) is 1. The third-order valence-electron chi connectivity index (χ3n) is 4.07. The molecule has 1 aliphatic carbocycles. The fourth-order valence-electron chi connectivity index (χ4n) is 3.12. The maximum atomic E-state index is 8.96. The zero-order chi connectivity index (χ0) is 12.4. The summed E-state index contributed by atoms with van der Waals surface area (Å²) in [5.74, 6) is 0. The first kappa shape index (κ1) is 11.7. The zero-order valence-corrected chi connectivity index (χ0v) is 10.5. The molecular weight excluding hydrogens is 224 g/mol. The van der Waals surface area contributed by atoms with Crippen LogP contribution in [0.15, 0.2) is 24.3 Å². The SMILES string of the molecule is N#Cc1cccc(C2CNCC3(CCCC3)O2)c1. The number of morpholine rings is 1. The number of nitrogens with zero attached hydrogens (tertiary/aromatic N) is 1. The van der Waals surface area contributed by atoms with Crippen molar-refractivity contribution in [3.63, 3.8) is 0 Å². The summed E-state index contributed by atoms with van der Waals surface area (Å²) >= 11 is 0. The molecule has 0 radical (unpaired) electrons. The van der Waals surface area contributed by atoms with Crippen LogP contribution < -0.4 is 5.32 Å². The Balaban J connectivity index is 1.81. The van der Waals surface area contributed by atoms with E-state index in [1.165, 1.54) is 12.8 Å². The van der Waals surface area contributed by atoms with Gasteiger partial charge >= 0.3 is 0 Å². The molecule has 1 spiro atoms. The number of rotatable bonds is 1. The van der Waals surface area contributed by atoms with Crippen LogP contribution in [0.25, 0.3) is 0 Å². The van der Waals surface area contributed by atoms with E-state index in [0.29, 0.717) is 5.56 Å². The van der Waals surface area contributed by atoms with Crippen molar-refractivity contribution in [1.82, 2.24) is 5.32 Å². The quantitative estimate of drug-likeness (QED) is 0.823. The maximum absolute atomic E-state index is 8.96. The molecule has 1 unspecified atom stereocenters. The topological polar surface area (TPSA) is 45.0 Å². The molecule has 3 rings (SSSR count). The molecule has 1 aliphatic heterocycles. The lowest BCUT2D eigenvalue weighted by atomic mass is 9.97. The van der Waals surface area contributed by atoms with Crippen LogP contribution in [0.4, 0.5) is 0 Å². The number of benzene rings is 1. The first-order valence-corrected chi connectivity index (χ1v) is 6.70. The fraction of sp³-hybridized carbons (Fsp3) is 0.533. The Morgan fingerprint density at radius 2 is 2.17 bits per heavy atom. The second-order valence-corrected chi connectivity index (χ2v) is 5.36. The van der Waals surface area contributed by atoms with E-state index >= 15 is 0 Å². The normalized spacial score (nSPS) is 26.1. The van der Waals surface area contributed by atoms with E-state index in [0.717, 1.165) is 31.5 Å². The van der Waals surface area contributed by atoms with Gasteiger partial charge in [0.1, 0.15) is 0 Å². The van der Waals surface area contributed by atoms with Crippen LogP contribution in [0.5, 0.6) is 0 Å². The highest BCUT2D eigenvalue weighted by molar-refractivity contribution is 5.34. The van der Waals surface area contributed by atoms with Crippen molar-refractivity contribution in [2.45, 2.75) is 37.4 Å². The van der Waals surface area contributed by atoms with Gasteiger partial charge in [0.2, 0.25) is 0 Å². The van der Waals surface area contributed by atoms with E-state index < -0.39 is 0 Å². The largest absolute Gasteiger partial charge is 0.364 e. The van der Waals surface area contributed by atoms with Crippen molar-refractivity contribution < 1.29 is 4.74 Å². The Bertz CT molecular complexity index is 472. The highest BCUT2D eigenvalue weighted by Gasteiger charge is 2.39. The summed E-state index contributed by atoms with van der Waals surface area (Å²) in [5, 5.41) is 12.5. The Hall–Kier alpha value is -1.37. The lowest BCUT2D eigenvalue weighted by Gasteiger charge is -2.39. The van der Waals surface area contributed by atoms with Gasteiger partial charge in [0, 0.05) is 13.1 Å². The lowest BCUT2D eigenvalue weighted by Crippen LogP contribution is -2.49. The highest BCUT2D eigenvalue weighted by atomic mass is 16.5. The van der Waals surface area contributed by atoms with Crippen LogP contribution in [-0.4, -0.2) is 18.7 Å². The Morgan fingerprint density at radius 3 is 2.94 bits per heavy atom. The molecule has 3 heteroatoms. The first-order chi connectivity index (χ1) is 8.81. The van der Waals surface area contributed by atoms with E-state index in [-0.39, 0.29) is 11.7 Å². The van der Waals surface area contributed by atoms with Gasteiger partial charge in [-0.2, -0.15) is 5.26 Å². The minimum atomic E-state index is 0.0472. The Labute approximate surface area is 108 Å². The summed E-state index contributed by atoms with van der Waals surface area (Å²) in [6, 6.07) is 9.97. The predicted molar refractivity (Wildman–Crippen MR) is 69.1 cm³/mol. The first-order valence-electron chi connectivity index (χ1n) is 6.70. The predicted octanol–water partition coefficient (Wildman–Crippen LogP) is 2.53. The molecule has 1 N–H and O–H groups in total. The van der Waals surface area contributed by atoms with E-state index in [4.69, 9.17) is 10.00 Å². The van der Waals surface area contributed by atoms with Gasteiger partial charge in [-0.3, -0.25) is 0 Å². The molecule has 2 fully saturated rings. The van der Waals surface area contributed by atoms with E-state index in [1.807, 2.05) is 18.2 Å². The van der Waals surface area contributed by atoms with Crippen LogP contribution in [-0.2, 0) is 4.74 Å². The Kier molecular flexibility index (Phi) is 3.07. The van der Waals surface area contributed by atoms with Gasteiger partial charge in [0.25, 0.3) is 0 Å². The summed E-state index contributed by atoms with van der Waals surface area (Å²) in [7, 11) is 0. The van der Waals surface area contributed by atoms with Gasteiger partial charge in [0.05, 0.1) is 23.3 Å². The molecule has 0 amide bonds. The smallest absolute Gasteiger partial charge is 0.0991 e. The molecule has 1 heterocycles. The van der Waals surface area contributed by atoms with Gasteiger partial charge in [-0.15, -0.1) is 0 Å². The average molecular weight is 242 g/mol. The minimum absolute atomic E-state index is 0.0472. The molecule has 1 atom stereocenters. The van der Waals surface area contributed by atoms with Gasteiger partial charge < -0.3 is 10.1 Å². The van der Waals surface area contributed by atoms with Crippen molar-refractivity contribution >= 4 is 0 Å². The van der Waals surface area contributed by atoms with Gasteiger partial charge in [0.15, 0.2) is 0 Å². The van der Waals surface area contributed by atoms with E-state index in [1.54, 1.807) is 0 Å². The van der Waals surface area contributed by atoms with Gasteiger partial charge in [-0.05, 0) is 30.5 Å². The van der Waals surface area contributed by atoms with Crippen molar-refractivity contribution in [1.29, 1.82) is 5.26 Å². The zero-order valence-electron chi connectivity index (χ0n) is 10.5. The molecule has 2 aliphatic rings. The molecule has 94 valence electrons. The molecule has 1 saturated heterocycles. The van der Waals surface area contributed by atoms with E-state index in [2.05, 4.69) is 17.5 Å². The minimum Gasteiger partial charge on any atom is -0.364 e. The summed E-state index contributed by atoms with van der Waals surface area (Å²) in [5.41, 5.74) is 1.88. The summed E-state index contributed by atoms with van der Waals surface area (Å²) in [6.45, 7) is 1.82. The Morgan fingerprint density at radius 1 is 1.33 bits per heavy atom. The van der Waals surface area contributed by atoms with Crippen LogP contribution in [0.3, 0.4) is 0 Å². The molecule has 0 bridgehead atoms. The molecule has 1 aromatic rings. The van der Waals surface area contributed by atoms with Crippen LogP contribution in [0.1, 0.15) is 42.9 Å². The third-order valence-corrected chi connectivity index (χ3v) is 4.07. The van der Waals surface area contributed by atoms with Gasteiger partial charge in [-0.25, -0.2) is 0 Å². The fourth-order valence-corrected chi connectivity index (χ4v) is 3.12. The molecule has 0 aromatic heterocycles. The van der Waals surface area contributed by atoms with Crippen LogP contribution >= 0.6 is 0 Å². The monoisotopic (exact) mass is 242 g/mol. The van der Waals surface area contributed by atoms with Crippen LogP contribution in [0.2, 0.25) is 0 Å². The number of ether oxygens (including phenoxy) is 1. The van der Waals surface area contributed by atoms with Gasteiger partial charge in [-0.1, -0.05) is 25.0 Å². The average Bonchev–Trinajstić information content (AvgIpc) is 2.87. The number of hydrogen-bond donors (Lipinski definition) is 1. The summed E-state index contributed by atoms with van der Waals surface area (Å²) in [4.78, 5) is 0. The standard InChI is InChI=1S/C15H18N2O/c16-9-12-4-3-5-13(8-12)14-10-17-11-15(18-14)6-1-2-7-15/h3-5,8,14,17H,1-2,6-7,10-11H2. The second kappa shape index (κ2) is 4.72. The number of nitriles is 1. The van der Waals surface area contributed by atoms with E-state index in [9.17, 15) is 0 Å². The molecule has 3 nitrogen and oxygen atoms in total. The van der Waals surface area contributed by atoms with Crippen molar-refractivity contribution in [2.75, 3.05) is 13.1 Å². The highest BCUT2D eigenvalue weighted by Crippen LogP contribution is 2.39. The summed E-state index contributed by atoms with van der Waals surface area (Å²) < 4.78 is 6.35. The molecule has 1 aromatic carbocycles. The third kappa shape index (κ3) is 2.14. The molecular formula is C15H18N2O. The van der Waals surface area contributed by atoms with Crippen molar-refractivity contribution in [3.8, 4) is 6.07 Å². The van der Waals surface area contributed by atoms with Crippen molar-refractivity contribution in [2.24, 2.45) is 0 Å². The van der Waals surface area contributed by atoms with Crippen molar-refractivity contribution in [3.05, 3.63) is 35.4 Å². The lowest BCUT2D eigenvalue weighted by molar-refractivity contribution is -0.114. The molecule has 1 saturated carbocycles. The second-order valence-electron chi connectivity index (χ2n) is 5.36.